The van der Waals surface area contributed by atoms with Crippen LogP contribution in [-0.4, -0.2) is 23.7 Å². The van der Waals surface area contributed by atoms with Crippen LogP contribution in [0.5, 0.6) is 23.0 Å². The molecule has 0 radical (unpaired) electrons. The lowest BCUT2D eigenvalue weighted by Crippen LogP contribution is -2.14. The molecule has 0 unspecified atom stereocenters. The Balaban J connectivity index is 1.42. The highest BCUT2D eigenvalue weighted by molar-refractivity contribution is 5.92. The number of para-hydroxylation sites is 4. The number of fused-ring (bicyclic) bond motifs is 8. The number of ether oxygens (including phenoxy) is 3. The summed E-state index contributed by atoms with van der Waals surface area (Å²) in [6.45, 7) is 4.15. The third kappa shape index (κ3) is 7.31. The van der Waals surface area contributed by atoms with Gasteiger partial charge in [-0.3, -0.25) is 0 Å². The first-order valence-corrected chi connectivity index (χ1v) is 16.9. The van der Waals surface area contributed by atoms with E-state index in [1.807, 2.05) is 84.9 Å². The first-order valence-electron chi connectivity index (χ1n) is 16.9. The lowest BCUT2D eigenvalue weighted by atomic mass is 9.91. The molecule has 0 fully saturated rings. The second-order valence-electron chi connectivity index (χ2n) is 12.5. The van der Waals surface area contributed by atoms with E-state index in [1.165, 1.54) is 0 Å². The first-order chi connectivity index (χ1) is 25.0. The molecule has 51 heavy (non-hydrogen) atoms. The molecule has 0 aliphatic heterocycles. The van der Waals surface area contributed by atoms with E-state index in [1.54, 1.807) is 54.6 Å². The molecule has 0 saturated carbocycles. The van der Waals surface area contributed by atoms with Gasteiger partial charge in [0.05, 0.1) is 11.1 Å². The number of hydrogen-bond donors (Lipinski definition) is 1. The van der Waals surface area contributed by atoms with Crippen molar-refractivity contribution >= 4 is 11.9 Å². The van der Waals surface area contributed by atoms with E-state index in [2.05, 4.69) is 6.58 Å². The zero-order chi connectivity index (χ0) is 35.2. The van der Waals surface area contributed by atoms with E-state index in [0.29, 0.717) is 66.2 Å². The van der Waals surface area contributed by atoms with Crippen molar-refractivity contribution in [2.24, 2.45) is 0 Å². The molecule has 6 heteroatoms. The first kappa shape index (κ1) is 33.1. The van der Waals surface area contributed by atoms with E-state index in [9.17, 15) is 14.7 Å². The van der Waals surface area contributed by atoms with Crippen LogP contribution in [-0.2, 0) is 25.7 Å². The average Bonchev–Trinajstić information content (AvgIpc) is 3.15. The van der Waals surface area contributed by atoms with Crippen molar-refractivity contribution in [3.63, 3.8) is 0 Å². The molecule has 1 aliphatic carbocycles. The maximum absolute atomic E-state index is 13.6. The SMILES string of the molecule is C=CCOc1c2cccc1Cc1cccc(c1OC(=O)c1ccccc1)Cc1cccc(c1OC(=O)c1ccccc1)Cc1cccc(c1O)C2. The fraction of sp³-hybridized carbons (Fsp3) is 0.111. The molecular formula is C45H36O6. The molecule has 252 valence electrons. The van der Waals surface area contributed by atoms with Crippen LogP contribution in [0.3, 0.4) is 0 Å². The molecule has 0 heterocycles. The molecule has 8 bridgehead atoms. The van der Waals surface area contributed by atoms with Crippen LogP contribution in [0.2, 0.25) is 0 Å². The third-order valence-corrected chi connectivity index (χ3v) is 9.02. The zero-order valence-electron chi connectivity index (χ0n) is 28.0. The standard InChI is InChI=1S/C45H36O6/c1-2-25-49-41-34-19-10-20-35(41)28-37-22-12-24-39(43(37)51-45(48)31-15-7-4-8-16-31)29-38-23-11-21-36(27-33-18-9-17-32(26-34)40(33)46)42(38)50-44(47)30-13-5-3-6-14-30/h2-24,46H,1,25-29H2. The third-order valence-electron chi connectivity index (χ3n) is 9.02. The topological polar surface area (TPSA) is 82.1 Å². The summed E-state index contributed by atoms with van der Waals surface area (Å²) in [6, 6.07) is 41.0. The number of phenolic OH excluding ortho intramolecular Hbond substituents is 1. The normalized spacial score (nSPS) is 12.0. The number of esters is 2. The Morgan fingerprint density at radius 1 is 0.490 bits per heavy atom. The van der Waals surface area contributed by atoms with E-state index in [4.69, 9.17) is 14.2 Å². The maximum Gasteiger partial charge on any atom is 0.343 e. The van der Waals surface area contributed by atoms with E-state index in [-0.39, 0.29) is 5.75 Å². The summed E-state index contributed by atoms with van der Waals surface area (Å²) in [5, 5.41) is 11.6. The predicted molar refractivity (Wildman–Crippen MR) is 197 cm³/mol. The summed E-state index contributed by atoms with van der Waals surface area (Å²) >= 11 is 0. The van der Waals surface area contributed by atoms with Gasteiger partial charge in [-0.2, -0.15) is 0 Å². The summed E-state index contributed by atoms with van der Waals surface area (Å²) in [6.07, 6.45) is 3.11. The van der Waals surface area contributed by atoms with Gasteiger partial charge < -0.3 is 19.3 Å². The van der Waals surface area contributed by atoms with Crippen LogP contribution in [0.15, 0.2) is 146 Å². The van der Waals surface area contributed by atoms with Crippen molar-refractivity contribution in [3.05, 3.63) is 202 Å². The molecule has 6 nitrogen and oxygen atoms in total. The molecular weight excluding hydrogens is 636 g/mol. The van der Waals surface area contributed by atoms with E-state index >= 15 is 0 Å². The number of hydrogen-bond acceptors (Lipinski definition) is 6. The summed E-state index contributed by atoms with van der Waals surface area (Å²) in [7, 11) is 0. The minimum absolute atomic E-state index is 0.177. The number of benzene rings is 6. The van der Waals surface area contributed by atoms with Crippen molar-refractivity contribution in [1.29, 1.82) is 0 Å². The number of carbonyl (C=O) groups excluding carboxylic acids is 2. The number of rotatable bonds is 7. The Labute approximate surface area is 297 Å². The molecule has 6 aromatic carbocycles. The summed E-state index contributed by atoms with van der Waals surface area (Å²) in [5.41, 5.74) is 7.05. The lowest BCUT2D eigenvalue weighted by Gasteiger charge is -2.21. The van der Waals surface area contributed by atoms with Gasteiger partial charge in [0.25, 0.3) is 0 Å². The van der Waals surface area contributed by atoms with Crippen molar-refractivity contribution in [3.8, 4) is 23.0 Å². The van der Waals surface area contributed by atoms with Gasteiger partial charge in [0.1, 0.15) is 29.6 Å². The van der Waals surface area contributed by atoms with Crippen LogP contribution >= 0.6 is 0 Å². The van der Waals surface area contributed by atoms with Crippen LogP contribution in [0, 0.1) is 0 Å². The highest BCUT2D eigenvalue weighted by Gasteiger charge is 2.23. The van der Waals surface area contributed by atoms with Gasteiger partial charge in [-0.25, -0.2) is 9.59 Å². The zero-order valence-corrected chi connectivity index (χ0v) is 28.0. The lowest BCUT2D eigenvalue weighted by molar-refractivity contribution is 0.0724. The minimum atomic E-state index is -0.494. The number of aromatic hydroxyl groups is 1. The maximum atomic E-state index is 13.6. The highest BCUT2D eigenvalue weighted by Crippen LogP contribution is 2.39. The Hall–Kier alpha value is -6.40. The summed E-state index contributed by atoms with van der Waals surface area (Å²) in [4.78, 5) is 27.2. The van der Waals surface area contributed by atoms with Gasteiger partial charge in [0, 0.05) is 25.7 Å². The Morgan fingerprint density at radius 2 is 0.824 bits per heavy atom. The molecule has 7 rings (SSSR count). The summed E-state index contributed by atoms with van der Waals surface area (Å²) in [5.74, 6) is 0.739. The van der Waals surface area contributed by atoms with Crippen LogP contribution < -0.4 is 14.2 Å². The quantitative estimate of drug-likeness (QED) is 0.103. The van der Waals surface area contributed by atoms with Gasteiger partial charge in [0.15, 0.2) is 0 Å². The summed E-state index contributed by atoms with van der Waals surface area (Å²) < 4.78 is 18.8. The smallest absolute Gasteiger partial charge is 0.343 e. The van der Waals surface area contributed by atoms with Gasteiger partial charge in [0.2, 0.25) is 0 Å². The molecule has 0 saturated heterocycles. The molecule has 0 aromatic heterocycles. The highest BCUT2D eigenvalue weighted by atomic mass is 16.5. The fourth-order valence-corrected chi connectivity index (χ4v) is 6.54. The van der Waals surface area contributed by atoms with E-state index < -0.39 is 11.9 Å². The Morgan fingerprint density at radius 3 is 1.20 bits per heavy atom. The molecule has 0 atom stereocenters. The van der Waals surface area contributed by atoms with Gasteiger partial charge in [-0.15, -0.1) is 0 Å². The second-order valence-corrected chi connectivity index (χ2v) is 12.5. The molecule has 1 aliphatic rings. The Kier molecular flexibility index (Phi) is 9.75. The van der Waals surface area contributed by atoms with Gasteiger partial charge in [-0.1, -0.05) is 122 Å². The monoisotopic (exact) mass is 672 g/mol. The number of phenols is 1. The number of carbonyl (C=O) groups is 2. The van der Waals surface area contributed by atoms with Gasteiger partial charge in [-0.05, 0) is 68.8 Å². The molecule has 1 N–H and O–H groups in total. The van der Waals surface area contributed by atoms with Gasteiger partial charge >= 0.3 is 11.9 Å². The van der Waals surface area contributed by atoms with Crippen LogP contribution in [0.4, 0.5) is 0 Å². The molecule has 0 amide bonds. The second kappa shape index (κ2) is 15.0. The predicted octanol–water partition coefficient (Wildman–Crippen LogP) is 9.07. The van der Waals surface area contributed by atoms with Crippen LogP contribution in [0.1, 0.15) is 65.2 Å². The van der Waals surface area contributed by atoms with Crippen molar-refractivity contribution in [2.45, 2.75) is 25.7 Å². The molecule has 0 spiro atoms. The van der Waals surface area contributed by atoms with Crippen molar-refractivity contribution in [1.82, 2.24) is 0 Å². The largest absolute Gasteiger partial charge is 0.507 e. The molecule has 6 aromatic rings. The van der Waals surface area contributed by atoms with Crippen molar-refractivity contribution in [2.75, 3.05) is 6.61 Å². The average molecular weight is 673 g/mol. The van der Waals surface area contributed by atoms with Crippen molar-refractivity contribution < 1.29 is 28.9 Å². The fourth-order valence-electron chi connectivity index (χ4n) is 6.54. The minimum Gasteiger partial charge on any atom is -0.507 e. The van der Waals surface area contributed by atoms with Crippen LogP contribution in [0.25, 0.3) is 0 Å². The Bertz CT molecular complexity index is 2220. The van der Waals surface area contributed by atoms with E-state index in [0.717, 1.165) is 38.9 Å².